The first-order chi connectivity index (χ1) is 8.76. The van der Waals surface area contributed by atoms with Gasteiger partial charge in [-0.3, -0.25) is 4.79 Å². The van der Waals surface area contributed by atoms with E-state index in [0.717, 1.165) is 22.3 Å². The molecule has 18 heavy (non-hydrogen) atoms. The number of ether oxygens (including phenoxy) is 1. The van der Waals surface area contributed by atoms with Gasteiger partial charge >= 0.3 is 5.97 Å². The van der Waals surface area contributed by atoms with Crippen LogP contribution in [0.2, 0.25) is 0 Å². The van der Waals surface area contributed by atoms with E-state index in [9.17, 15) is 4.79 Å². The highest BCUT2D eigenvalue weighted by atomic mass is 32.2. The summed E-state index contributed by atoms with van der Waals surface area (Å²) in [5.41, 5.74) is 0. The van der Waals surface area contributed by atoms with Gasteiger partial charge in [0.2, 0.25) is 5.13 Å². The average molecular weight is 287 g/mol. The summed E-state index contributed by atoms with van der Waals surface area (Å²) in [5, 5.41) is 11.7. The molecule has 0 saturated heterocycles. The van der Waals surface area contributed by atoms with Crippen molar-refractivity contribution in [3.63, 3.8) is 0 Å². The lowest BCUT2D eigenvalue weighted by molar-refractivity contribution is -0.140. The van der Waals surface area contributed by atoms with Crippen LogP contribution in [0.5, 0.6) is 0 Å². The lowest BCUT2D eigenvalue weighted by Gasteiger charge is -2.01. The van der Waals surface area contributed by atoms with Crippen LogP contribution in [0.25, 0.3) is 0 Å². The summed E-state index contributed by atoms with van der Waals surface area (Å²) >= 11 is 2.76. The molecular formula is C11H17N3O2S2. The summed E-state index contributed by atoms with van der Waals surface area (Å²) in [7, 11) is 0. The second kappa shape index (κ2) is 8.93. The minimum Gasteiger partial charge on any atom is -0.465 e. The highest BCUT2D eigenvalue weighted by molar-refractivity contribution is 8.01. The number of aromatic nitrogens is 2. The van der Waals surface area contributed by atoms with Crippen LogP contribution in [-0.4, -0.2) is 35.1 Å². The van der Waals surface area contributed by atoms with Gasteiger partial charge in [-0.25, -0.2) is 0 Å². The first-order valence-corrected chi connectivity index (χ1v) is 7.53. The third kappa shape index (κ3) is 6.02. The molecule has 0 spiro atoms. The van der Waals surface area contributed by atoms with Crippen LogP contribution in [0, 0.1) is 0 Å². The molecule has 0 radical (unpaired) electrons. The zero-order valence-electron chi connectivity index (χ0n) is 10.3. The fourth-order valence-corrected chi connectivity index (χ4v) is 2.55. The number of rotatable bonds is 9. The molecule has 1 aromatic heterocycles. The second-order valence-electron chi connectivity index (χ2n) is 3.41. The van der Waals surface area contributed by atoms with Gasteiger partial charge in [0.15, 0.2) is 4.34 Å². The van der Waals surface area contributed by atoms with Crippen LogP contribution in [-0.2, 0) is 9.53 Å². The van der Waals surface area contributed by atoms with E-state index in [1.807, 2.05) is 0 Å². The van der Waals surface area contributed by atoms with Crippen molar-refractivity contribution in [2.24, 2.45) is 0 Å². The molecule has 0 aromatic carbocycles. The number of thioether (sulfide) groups is 1. The van der Waals surface area contributed by atoms with Gasteiger partial charge in [-0.15, -0.1) is 16.8 Å². The van der Waals surface area contributed by atoms with Crippen molar-refractivity contribution in [3.05, 3.63) is 12.7 Å². The third-order valence-corrected chi connectivity index (χ3v) is 3.87. The predicted molar refractivity (Wildman–Crippen MR) is 75.2 cm³/mol. The fourth-order valence-electron chi connectivity index (χ4n) is 0.992. The topological polar surface area (TPSA) is 64.1 Å². The van der Waals surface area contributed by atoms with Gasteiger partial charge in [0.1, 0.15) is 0 Å². The molecule has 0 fully saturated rings. The molecule has 0 unspecified atom stereocenters. The van der Waals surface area contributed by atoms with Crippen molar-refractivity contribution in [1.29, 1.82) is 0 Å². The van der Waals surface area contributed by atoms with Crippen molar-refractivity contribution in [1.82, 2.24) is 10.2 Å². The summed E-state index contributed by atoms with van der Waals surface area (Å²) < 4.78 is 5.80. The summed E-state index contributed by atoms with van der Waals surface area (Å²) in [6.45, 7) is 6.81. The minimum atomic E-state index is -0.204. The first kappa shape index (κ1) is 15.0. The fraction of sp³-hybridized carbons (Fsp3) is 0.545. The molecule has 0 amide bonds. The Kier molecular flexibility index (Phi) is 7.43. The van der Waals surface area contributed by atoms with Crippen LogP contribution in [0.1, 0.15) is 19.8 Å². The van der Waals surface area contributed by atoms with Crippen molar-refractivity contribution >= 4 is 34.2 Å². The minimum absolute atomic E-state index is 0.204. The number of nitrogens with zero attached hydrogens (tertiary/aromatic N) is 2. The van der Waals surface area contributed by atoms with Gasteiger partial charge in [-0.1, -0.05) is 42.5 Å². The Morgan fingerprint density at radius 1 is 1.61 bits per heavy atom. The van der Waals surface area contributed by atoms with E-state index in [-0.39, 0.29) is 11.7 Å². The maximum Gasteiger partial charge on any atom is 0.316 e. The molecule has 0 aliphatic heterocycles. The maximum absolute atomic E-state index is 11.4. The highest BCUT2D eigenvalue weighted by Crippen LogP contribution is 2.25. The molecule has 100 valence electrons. The lowest BCUT2D eigenvalue weighted by atomic mass is 10.4. The Bertz CT molecular complexity index is 382. The Morgan fingerprint density at radius 3 is 3.17 bits per heavy atom. The number of esters is 1. The number of carbonyl (C=O) groups is 1. The van der Waals surface area contributed by atoms with Gasteiger partial charge in [-0.2, -0.15) is 0 Å². The Balaban J connectivity index is 2.23. The van der Waals surface area contributed by atoms with Crippen LogP contribution < -0.4 is 5.32 Å². The van der Waals surface area contributed by atoms with E-state index < -0.39 is 0 Å². The number of hydrogen-bond donors (Lipinski definition) is 1. The zero-order valence-corrected chi connectivity index (χ0v) is 12.0. The smallest absolute Gasteiger partial charge is 0.316 e. The molecule has 1 aromatic rings. The monoisotopic (exact) mass is 287 g/mol. The van der Waals surface area contributed by atoms with Gasteiger partial charge in [0.05, 0.1) is 12.4 Å². The molecule has 5 nitrogen and oxygen atoms in total. The Labute approximate surface area is 115 Å². The van der Waals surface area contributed by atoms with E-state index in [4.69, 9.17) is 4.74 Å². The number of carbonyl (C=O) groups excluding carboxylic acids is 1. The number of nitrogens with one attached hydrogen (secondary N) is 1. The standard InChI is InChI=1S/C11H17N3O2S2/c1-3-5-7-16-9(15)8-17-11-14-13-10(18-11)12-6-4-2/h4H,2-3,5-8H2,1H3,(H,12,13). The van der Waals surface area contributed by atoms with E-state index >= 15 is 0 Å². The molecule has 0 bridgehead atoms. The zero-order chi connectivity index (χ0) is 13.2. The number of hydrogen-bond acceptors (Lipinski definition) is 7. The summed E-state index contributed by atoms with van der Waals surface area (Å²) in [5.74, 6) is 0.0732. The van der Waals surface area contributed by atoms with E-state index in [1.165, 1.54) is 23.1 Å². The molecule has 0 aliphatic rings. The molecule has 0 aliphatic carbocycles. The molecular weight excluding hydrogens is 270 g/mol. The van der Waals surface area contributed by atoms with Crippen LogP contribution >= 0.6 is 23.1 Å². The molecule has 1 heterocycles. The van der Waals surface area contributed by atoms with Crippen LogP contribution in [0.15, 0.2) is 17.0 Å². The molecule has 0 saturated carbocycles. The third-order valence-electron chi connectivity index (χ3n) is 1.88. The van der Waals surface area contributed by atoms with E-state index in [2.05, 4.69) is 29.0 Å². The van der Waals surface area contributed by atoms with Crippen molar-refractivity contribution in [2.45, 2.75) is 24.1 Å². The van der Waals surface area contributed by atoms with Crippen molar-refractivity contribution < 1.29 is 9.53 Å². The number of unbranched alkanes of at least 4 members (excludes halogenated alkanes) is 1. The Morgan fingerprint density at radius 2 is 2.44 bits per heavy atom. The normalized spacial score (nSPS) is 10.1. The molecule has 0 atom stereocenters. The predicted octanol–water partition coefficient (Wildman–Crippen LogP) is 2.57. The molecule has 1 N–H and O–H groups in total. The quantitative estimate of drug-likeness (QED) is 0.326. The van der Waals surface area contributed by atoms with Crippen molar-refractivity contribution in [2.75, 3.05) is 24.2 Å². The average Bonchev–Trinajstić information content (AvgIpc) is 2.82. The highest BCUT2D eigenvalue weighted by Gasteiger charge is 2.08. The molecule has 7 heteroatoms. The van der Waals surface area contributed by atoms with E-state index in [1.54, 1.807) is 6.08 Å². The van der Waals surface area contributed by atoms with Crippen LogP contribution in [0.3, 0.4) is 0 Å². The van der Waals surface area contributed by atoms with Gasteiger partial charge < -0.3 is 10.1 Å². The number of anilines is 1. The first-order valence-electron chi connectivity index (χ1n) is 5.73. The summed E-state index contributed by atoms with van der Waals surface area (Å²) in [4.78, 5) is 11.4. The molecule has 1 rings (SSSR count). The van der Waals surface area contributed by atoms with Crippen molar-refractivity contribution in [3.8, 4) is 0 Å². The largest absolute Gasteiger partial charge is 0.465 e. The summed E-state index contributed by atoms with van der Waals surface area (Å²) in [6, 6.07) is 0. The van der Waals surface area contributed by atoms with Gasteiger partial charge in [0.25, 0.3) is 0 Å². The van der Waals surface area contributed by atoms with Gasteiger partial charge in [-0.05, 0) is 6.42 Å². The lowest BCUT2D eigenvalue weighted by Crippen LogP contribution is -2.08. The summed E-state index contributed by atoms with van der Waals surface area (Å²) in [6.07, 6.45) is 3.68. The van der Waals surface area contributed by atoms with E-state index in [0.29, 0.717) is 13.2 Å². The second-order valence-corrected chi connectivity index (χ2v) is 5.61. The van der Waals surface area contributed by atoms with Gasteiger partial charge in [0, 0.05) is 6.54 Å². The Hall–Kier alpha value is -1.08. The maximum atomic E-state index is 11.4. The van der Waals surface area contributed by atoms with Crippen LogP contribution in [0.4, 0.5) is 5.13 Å². The SMILES string of the molecule is C=CCNc1nnc(SCC(=O)OCCCC)s1.